The van der Waals surface area contributed by atoms with Crippen LogP contribution >= 0.6 is 0 Å². The highest BCUT2D eigenvalue weighted by molar-refractivity contribution is 7.92. The van der Waals surface area contributed by atoms with Gasteiger partial charge < -0.3 is 9.73 Å². The van der Waals surface area contributed by atoms with E-state index in [9.17, 15) is 18.0 Å². The number of nitrogens with one attached hydrogen (secondary N) is 2. The molecule has 0 saturated heterocycles. The zero-order valence-electron chi connectivity index (χ0n) is 13.2. The summed E-state index contributed by atoms with van der Waals surface area (Å²) in [7, 11) is -3.36. The molecule has 2 aromatic carbocycles. The minimum absolute atomic E-state index is 0.195. The Morgan fingerprint density at radius 2 is 1.72 bits per heavy atom. The number of nitrogens with zero attached hydrogens (tertiary/aromatic N) is 1. The molecule has 25 heavy (non-hydrogen) atoms. The average molecular weight is 361 g/mol. The first-order valence-electron chi connectivity index (χ1n) is 7.28. The van der Waals surface area contributed by atoms with Crippen LogP contribution < -0.4 is 15.8 Å². The third kappa shape index (κ3) is 4.07. The molecule has 0 aliphatic rings. The van der Waals surface area contributed by atoms with Gasteiger partial charge in [0.05, 0.1) is 11.8 Å². The van der Waals surface area contributed by atoms with Crippen LogP contribution in [0.25, 0.3) is 11.1 Å². The molecule has 0 fully saturated rings. The largest absolute Gasteiger partial charge is 0.420 e. The fourth-order valence-electron chi connectivity index (χ4n) is 2.34. The van der Waals surface area contributed by atoms with E-state index in [0.717, 1.165) is 6.26 Å². The van der Waals surface area contributed by atoms with Crippen LogP contribution in [0.2, 0.25) is 0 Å². The number of hydrogen-bond donors (Lipinski definition) is 2. The van der Waals surface area contributed by atoms with Gasteiger partial charge in [-0.05, 0) is 36.4 Å². The van der Waals surface area contributed by atoms with E-state index in [0.29, 0.717) is 22.5 Å². The Morgan fingerprint density at radius 1 is 1.08 bits per heavy atom. The van der Waals surface area contributed by atoms with E-state index in [4.69, 9.17) is 4.42 Å². The highest BCUT2D eigenvalue weighted by Crippen LogP contribution is 2.15. The van der Waals surface area contributed by atoms with Gasteiger partial charge in [0.1, 0.15) is 6.54 Å². The van der Waals surface area contributed by atoms with Gasteiger partial charge in [-0.15, -0.1) is 0 Å². The van der Waals surface area contributed by atoms with E-state index in [1.807, 2.05) is 0 Å². The van der Waals surface area contributed by atoms with Gasteiger partial charge in [-0.2, -0.15) is 0 Å². The van der Waals surface area contributed by atoms with Gasteiger partial charge in [-0.3, -0.25) is 14.1 Å². The molecule has 3 aromatic rings. The monoisotopic (exact) mass is 361 g/mol. The average Bonchev–Trinajstić information content (AvgIpc) is 2.84. The highest BCUT2D eigenvalue weighted by atomic mass is 32.2. The van der Waals surface area contributed by atoms with Crippen molar-refractivity contribution >= 4 is 38.4 Å². The number of carbonyl (C=O) groups excluding carboxylic acids is 1. The maximum Gasteiger partial charge on any atom is 0.420 e. The second-order valence-electron chi connectivity index (χ2n) is 5.42. The first-order chi connectivity index (χ1) is 11.8. The number of anilines is 2. The number of benzene rings is 2. The number of amides is 1. The predicted molar refractivity (Wildman–Crippen MR) is 94.0 cm³/mol. The molecule has 0 saturated carbocycles. The Labute approximate surface area is 143 Å². The van der Waals surface area contributed by atoms with Gasteiger partial charge in [0, 0.05) is 11.4 Å². The Hall–Kier alpha value is -3.07. The Kier molecular flexibility index (Phi) is 4.32. The highest BCUT2D eigenvalue weighted by Gasteiger charge is 2.12. The van der Waals surface area contributed by atoms with Crippen molar-refractivity contribution < 1.29 is 17.6 Å². The van der Waals surface area contributed by atoms with Gasteiger partial charge in [0.2, 0.25) is 15.9 Å². The summed E-state index contributed by atoms with van der Waals surface area (Å²) in [6.45, 7) is -0.195. The third-order valence-electron chi connectivity index (χ3n) is 3.35. The summed E-state index contributed by atoms with van der Waals surface area (Å²) in [5.41, 5.74) is 1.81. The van der Waals surface area contributed by atoms with Crippen LogP contribution in [0.3, 0.4) is 0 Å². The van der Waals surface area contributed by atoms with Crippen molar-refractivity contribution in [3.63, 3.8) is 0 Å². The maximum atomic E-state index is 12.2. The molecule has 0 unspecified atom stereocenters. The number of sulfonamides is 1. The molecule has 0 aliphatic heterocycles. The number of oxazole rings is 1. The Morgan fingerprint density at radius 3 is 2.40 bits per heavy atom. The molecule has 0 radical (unpaired) electrons. The maximum absolute atomic E-state index is 12.2. The lowest BCUT2D eigenvalue weighted by Crippen LogP contribution is -2.24. The lowest BCUT2D eigenvalue weighted by atomic mass is 10.3. The molecule has 130 valence electrons. The first kappa shape index (κ1) is 16.8. The third-order valence-corrected chi connectivity index (χ3v) is 3.95. The minimum Gasteiger partial charge on any atom is -0.408 e. The van der Waals surface area contributed by atoms with Crippen LogP contribution in [0.15, 0.2) is 57.7 Å². The van der Waals surface area contributed by atoms with Crippen LogP contribution in [0, 0.1) is 0 Å². The Bertz CT molecular complexity index is 1080. The molecule has 0 aliphatic carbocycles. The summed E-state index contributed by atoms with van der Waals surface area (Å²) in [4.78, 5) is 24.0. The van der Waals surface area contributed by atoms with Crippen LogP contribution in [-0.4, -0.2) is 25.1 Å². The summed E-state index contributed by atoms with van der Waals surface area (Å²) in [6.07, 6.45) is 1.05. The number of rotatable bonds is 5. The van der Waals surface area contributed by atoms with Gasteiger partial charge in [0.15, 0.2) is 5.58 Å². The molecular formula is C16H15N3O5S. The molecule has 8 nitrogen and oxygen atoms in total. The second-order valence-corrected chi connectivity index (χ2v) is 7.17. The molecule has 1 heterocycles. The van der Waals surface area contributed by atoms with Crippen LogP contribution in [-0.2, 0) is 21.4 Å². The van der Waals surface area contributed by atoms with Gasteiger partial charge in [0.25, 0.3) is 0 Å². The van der Waals surface area contributed by atoms with Crippen molar-refractivity contribution in [3.05, 3.63) is 59.1 Å². The van der Waals surface area contributed by atoms with Gasteiger partial charge >= 0.3 is 5.76 Å². The van der Waals surface area contributed by atoms with Crippen molar-refractivity contribution in [1.29, 1.82) is 0 Å². The normalized spacial score (nSPS) is 11.4. The van der Waals surface area contributed by atoms with Crippen LogP contribution in [0.5, 0.6) is 0 Å². The summed E-state index contributed by atoms with van der Waals surface area (Å²) in [5.74, 6) is -1.01. The standard InChI is InChI=1S/C16H15N3O5S/c1-25(22,23)18-12-8-6-11(7-9-12)17-15(20)10-19-13-4-2-3-5-14(13)24-16(19)21/h2-9,18H,10H2,1H3,(H,17,20). The van der Waals surface area contributed by atoms with Crippen molar-refractivity contribution in [1.82, 2.24) is 4.57 Å². The molecule has 0 bridgehead atoms. The van der Waals surface area contributed by atoms with E-state index in [2.05, 4.69) is 10.0 Å². The van der Waals surface area contributed by atoms with E-state index in [1.165, 1.54) is 16.7 Å². The van der Waals surface area contributed by atoms with Crippen LogP contribution in [0.4, 0.5) is 11.4 Å². The molecule has 3 rings (SSSR count). The van der Waals surface area contributed by atoms with Crippen LogP contribution in [0.1, 0.15) is 0 Å². The summed E-state index contributed by atoms with van der Waals surface area (Å²) < 4.78 is 31.0. The number of fused-ring (bicyclic) bond motifs is 1. The second kappa shape index (κ2) is 6.44. The Balaban J connectivity index is 1.72. The summed E-state index contributed by atoms with van der Waals surface area (Å²) in [6, 6.07) is 13.0. The molecule has 1 amide bonds. The zero-order valence-corrected chi connectivity index (χ0v) is 14.0. The van der Waals surface area contributed by atoms with E-state index < -0.39 is 21.7 Å². The number of hydrogen-bond acceptors (Lipinski definition) is 5. The zero-order chi connectivity index (χ0) is 18.0. The van der Waals surface area contributed by atoms with Crippen molar-refractivity contribution in [2.75, 3.05) is 16.3 Å². The smallest absolute Gasteiger partial charge is 0.408 e. The van der Waals surface area contributed by atoms with Crippen molar-refractivity contribution in [3.8, 4) is 0 Å². The number of para-hydroxylation sites is 2. The predicted octanol–water partition coefficient (Wildman–Crippen LogP) is 1.60. The van der Waals surface area contributed by atoms with E-state index in [1.54, 1.807) is 36.4 Å². The van der Waals surface area contributed by atoms with Crippen molar-refractivity contribution in [2.24, 2.45) is 0 Å². The van der Waals surface area contributed by atoms with E-state index >= 15 is 0 Å². The first-order valence-corrected chi connectivity index (χ1v) is 9.17. The van der Waals surface area contributed by atoms with Gasteiger partial charge in [-0.25, -0.2) is 13.2 Å². The van der Waals surface area contributed by atoms with Gasteiger partial charge in [-0.1, -0.05) is 12.1 Å². The molecule has 2 N–H and O–H groups in total. The SMILES string of the molecule is CS(=O)(=O)Nc1ccc(NC(=O)Cn2c(=O)oc3ccccc32)cc1. The molecule has 9 heteroatoms. The quantitative estimate of drug-likeness (QED) is 0.717. The fraction of sp³-hybridized carbons (Fsp3) is 0.125. The number of carbonyl (C=O) groups is 1. The van der Waals surface area contributed by atoms with E-state index in [-0.39, 0.29) is 6.54 Å². The lowest BCUT2D eigenvalue weighted by molar-refractivity contribution is -0.116. The lowest BCUT2D eigenvalue weighted by Gasteiger charge is -2.08. The fourth-order valence-corrected chi connectivity index (χ4v) is 2.91. The molecule has 0 spiro atoms. The molecular weight excluding hydrogens is 346 g/mol. The molecule has 0 atom stereocenters. The molecule has 1 aromatic heterocycles. The van der Waals surface area contributed by atoms with Crippen molar-refractivity contribution in [2.45, 2.75) is 6.54 Å². The number of aromatic nitrogens is 1. The topological polar surface area (TPSA) is 110 Å². The summed E-state index contributed by atoms with van der Waals surface area (Å²) >= 11 is 0. The summed E-state index contributed by atoms with van der Waals surface area (Å²) in [5, 5.41) is 2.64. The minimum atomic E-state index is -3.36.